The van der Waals surface area contributed by atoms with E-state index in [-0.39, 0.29) is 11.8 Å². The average Bonchev–Trinajstić information content (AvgIpc) is 3.37. The lowest BCUT2D eigenvalue weighted by molar-refractivity contribution is 0.104. The van der Waals surface area contributed by atoms with Crippen molar-refractivity contribution in [1.82, 2.24) is 9.97 Å². The molecular formula is C22H19N4O2S. The van der Waals surface area contributed by atoms with Crippen LogP contribution in [-0.2, 0) is 6.42 Å². The van der Waals surface area contributed by atoms with Crippen LogP contribution in [0.4, 0.5) is 5.82 Å². The number of rotatable bonds is 6. The smallest absolute Gasteiger partial charge is 0.208 e. The van der Waals surface area contributed by atoms with Crippen LogP contribution in [0.2, 0.25) is 0 Å². The van der Waals surface area contributed by atoms with Gasteiger partial charge in [-0.25, -0.2) is 9.97 Å². The molecule has 1 aliphatic carbocycles. The van der Waals surface area contributed by atoms with E-state index in [4.69, 9.17) is 5.26 Å². The maximum atomic E-state index is 13.1. The van der Waals surface area contributed by atoms with Crippen LogP contribution in [0.15, 0.2) is 48.2 Å². The predicted octanol–water partition coefficient (Wildman–Crippen LogP) is 3.37. The molecule has 7 heteroatoms. The van der Waals surface area contributed by atoms with Gasteiger partial charge in [-0.05, 0) is 60.4 Å². The molecular weight excluding hydrogens is 384 g/mol. The van der Waals surface area contributed by atoms with Crippen molar-refractivity contribution in [2.75, 3.05) is 5.32 Å². The van der Waals surface area contributed by atoms with Crippen LogP contribution in [0.1, 0.15) is 44.8 Å². The van der Waals surface area contributed by atoms with Gasteiger partial charge >= 0.3 is 0 Å². The Labute approximate surface area is 172 Å². The topological polar surface area (TPSA) is 98.9 Å². The van der Waals surface area contributed by atoms with Crippen molar-refractivity contribution < 1.29 is 9.90 Å². The first kappa shape index (κ1) is 19.2. The summed E-state index contributed by atoms with van der Waals surface area (Å²) >= 11 is 1.39. The van der Waals surface area contributed by atoms with Crippen LogP contribution in [0.25, 0.3) is 0 Å². The molecule has 0 bridgehead atoms. The number of hydrogen-bond acceptors (Lipinski definition) is 7. The number of aliphatic hydroxyl groups is 1. The summed E-state index contributed by atoms with van der Waals surface area (Å²) in [6.07, 6.45) is 6.36. The second kappa shape index (κ2) is 8.52. The number of aromatic nitrogens is 2. The highest BCUT2D eigenvalue weighted by Gasteiger charge is 2.25. The number of carbonyl (C=O) groups excluding carboxylic acids is 1. The lowest BCUT2D eigenvalue weighted by atomic mass is 10.0. The SMILES string of the molecule is N#Cc1cccc(Cc2csc(C(=O)c3cncnc3N[C@@H]3C[CH][C@H](O)C3)c2)c1. The van der Waals surface area contributed by atoms with E-state index in [1.165, 1.54) is 23.9 Å². The lowest BCUT2D eigenvalue weighted by Gasteiger charge is -2.14. The minimum Gasteiger partial charge on any atom is -0.393 e. The molecule has 0 aliphatic heterocycles. The maximum Gasteiger partial charge on any atom is 0.208 e. The van der Waals surface area contributed by atoms with Crippen molar-refractivity contribution in [2.45, 2.75) is 31.4 Å². The first-order valence-corrected chi connectivity index (χ1v) is 10.2. The number of nitrogens with zero attached hydrogens (tertiary/aromatic N) is 3. The molecule has 1 aliphatic rings. The lowest BCUT2D eigenvalue weighted by Crippen LogP contribution is -2.20. The summed E-state index contributed by atoms with van der Waals surface area (Å²) in [6, 6.07) is 11.6. The average molecular weight is 403 g/mol. The normalized spacial score (nSPS) is 18.3. The predicted molar refractivity (Wildman–Crippen MR) is 111 cm³/mol. The third kappa shape index (κ3) is 4.50. The van der Waals surface area contributed by atoms with E-state index in [9.17, 15) is 9.90 Å². The van der Waals surface area contributed by atoms with Crippen LogP contribution < -0.4 is 5.32 Å². The Kier molecular flexibility index (Phi) is 5.65. The summed E-state index contributed by atoms with van der Waals surface area (Å²) < 4.78 is 0. The first-order valence-electron chi connectivity index (χ1n) is 9.31. The largest absolute Gasteiger partial charge is 0.393 e. The summed E-state index contributed by atoms with van der Waals surface area (Å²) in [6.45, 7) is 0. The fourth-order valence-electron chi connectivity index (χ4n) is 3.43. The number of thiophene rings is 1. The monoisotopic (exact) mass is 403 g/mol. The van der Waals surface area contributed by atoms with Gasteiger partial charge in [0.1, 0.15) is 12.1 Å². The number of nitriles is 1. The zero-order chi connectivity index (χ0) is 20.2. The highest BCUT2D eigenvalue weighted by Crippen LogP contribution is 2.26. The van der Waals surface area contributed by atoms with Crippen molar-refractivity contribution in [3.8, 4) is 6.07 Å². The van der Waals surface area contributed by atoms with E-state index in [2.05, 4.69) is 21.4 Å². The number of ketones is 1. The van der Waals surface area contributed by atoms with Crippen molar-refractivity contribution in [2.24, 2.45) is 0 Å². The summed E-state index contributed by atoms with van der Waals surface area (Å²) in [5, 5.41) is 24.0. The summed E-state index contributed by atoms with van der Waals surface area (Å²) in [5.41, 5.74) is 3.10. The Hall–Kier alpha value is -3.08. The Bertz CT molecular complexity index is 1070. The molecule has 2 atom stereocenters. The molecule has 3 aromatic rings. The highest BCUT2D eigenvalue weighted by atomic mass is 32.1. The third-order valence-corrected chi connectivity index (χ3v) is 5.84. The minimum atomic E-state index is -0.423. The van der Waals surface area contributed by atoms with Crippen molar-refractivity contribution in [3.05, 3.63) is 81.8 Å². The van der Waals surface area contributed by atoms with Gasteiger partial charge in [-0.1, -0.05) is 12.1 Å². The van der Waals surface area contributed by atoms with E-state index in [0.29, 0.717) is 34.7 Å². The van der Waals surface area contributed by atoms with Gasteiger partial charge in [-0.2, -0.15) is 5.26 Å². The van der Waals surface area contributed by atoms with Crippen LogP contribution in [0.3, 0.4) is 0 Å². The van der Waals surface area contributed by atoms with Crippen LogP contribution >= 0.6 is 11.3 Å². The number of nitrogens with one attached hydrogen (secondary N) is 1. The molecule has 1 radical (unpaired) electrons. The zero-order valence-electron chi connectivity index (χ0n) is 15.6. The molecule has 2 aromatic heterocycles. The van der Waals surface area contributed by atoms with E-state index < -0.39 is 6.10 Å². The molecule has 29 heavy (non-hydrogen) atoms. The Balaban J connectivity index is 1.51. The number of benzene rings is 1. The molecule has 1 fully saturated rings. The standard InChI is InChI=1S/C22H19N4O2S/c23-10-15-3-1-2-14(6-15)7-16-8-20(29-12-16)21(28)19-11-24-13-25-22(19)26-17-4-5-18(27)9-17/h1-3,5-6,8,11-13,17-18,27H,4,7,9H2,(H,24,25,26)/t17-,18+/m1/s1. The van der Waals surface area contributed by atoms with Gasteiger partial charge in [0.25, 0.3) is 0 Å². The Morgan fingerprint density at radius 2 is 2.24 bits per heavy atom. The quantitative estimate of drug-likeness (QED) is 0.612. The van der Waals surface area contributed by atoms with Gasteiger partial charge in [-0.15, -0.1) is 11.3 Å². The molecule has 0 amide bonds. The third-order valence-electron chi connectivity index (χ3n) is 4.86. The van der Waals surface area contributed by atoms with Crippen molar-refractivity contribution in [3.63, 3.8) is 0 Å². The van der Waals surface area contributed by atoms with Gasteiger partial charge in [-0.3, -0.25) is 4.79 Å². The van der Waals surface area contributed by atoms with Gasteiger partial charge in [0.15, 0.2) is 0 Å². The molecule has 4 rings (SSSR count). The Morgan fingerprint density at radius 3 is 3.03 bits per heavy atom. The van der Waals surface area contributed by atoms with E-state index in [1.807, 2.05) is 36.1 Å². The number of hydrogen-bond donors (Lipinski definition) is 2. The van der Waals surface area contributed by atoms with E-state index in [0.717, 1.165) is 17.5 Å². The fourth-order valence-corrected chi connectivity index (χ4v) is 4.30. The number of aliphatic hydroxyl groups excluding tert-OH is 1. The van der Waals surface area contributed by atoms with Gasteiger partial charge in [0, 0.05) is 12.2 Å². The molecule has 0 saturated heterocycles. The molecule has 2 heterocycles. The minimum absolute atomic E-state index is 0.0535. The van der Waals surface area contributed by atoms with Crippen LogP contribution in [0.5, 0.6) is 0 Å². The molecule has 2 N–H and O–H groups in total. The van der Waals surface area contributed by atoms with Crippen LogP contribution in [0, 0.1) is 17.8 Å². The summed E-state index contributed by atoms with van der Waals surface area (Å²) in [5.74, 6) is 0.367. The van der Waals surface area contributed by atoms with E-state index >= 15 is 0 Å². The first-order chi connectivity index (χ1) is 14.1. The van der Waals surface area contributed by atoms with Crippen LogP contribution in [-0.4, -0.2) is 33.0 Å². The molecule has 0 spiro atoms. The molecule has 1 aromatic carbocycles. The fraction of sp³-hybridized carbons (Fsp3) is 0.227. The molecule has 145 valence electrons. The second-order valence-corrected chi connectivity index (χ2v) is 7.95. The maximum absolute atomic E-state index is 13.1. The Morgan fingerprint density at radius 1 is 1.34 bits per heavy atom. The molecule has 1 saturated carbocycles. The summed E-state index contributed by atoms with van der Waals surface area (Å²) in [7, 11) is 0. The van der Waals surface area contributed by atoms with Crippen molar-refractivity contribution in [1.29, 1.82) is 5.26 Å². The second-order valence-electron chi connectivity index (χ2n) is 7.04. The van der Waals surface area contributed by atoms with Gasteiger partial charge in [0.05, 0.1) is 28.2 Å². The van der Waals surface area contributed by atoms with E-state index in [1.54, 1.807) is 6.07 Å². The molecule has 0 unspecified atom stereocenters. The summed E-state index contributed by atoms with van der Waals surface area (Å²) in [4.78, 5) is 21.9. The van der Waals surface area contributed by atoms with Crippen molar-refractivity contribution >= 4 is 22.9 Å². The highest BCUT2D eigenvalue weighted by molar-refractivity contribution is 7.12. The molecule has 6 nitrogen and oxygen atoms in total. The van der Waals surface area contributed by atoms with Gasteiger partial charge in [0.2, 0.25) is 5.78 Å². The number of anilines is 1. The zero-order valence-corrected chi connectivity index (χ0v) is 16.4. The van der Waals surface area contributed by atoms with Gasteiger partial charge < -0.3 is 10.4 Å². The number of carbonyl (C=O) groups is 1.